The molecule has 0 spiro atoms. The summed E-state index contributed by atoms with van der Waals surface area (Å²) in [4.78, 5) is 13.9. The lowest BCUT2D eigenvalue weighted by atomic mass is 10.1. The van der Waals surface area contributed by atoms with Gasteiger partial charge in [0.15, 0.2) is 0 Å². The van der Waals surface area contributed by atoms with Crippen molar-refractivity contribution in [3.63, 3.8) is 0 Å². The zero-order valence-electron chi connectivity index (χ0n) is 10.1. The van der Waals surface area contributed by atoms with Crippen LogP contribution in [0.25, 0.3) is 0 Å². The first-order chi connectivity index (χ1) is 7.87. The molecule has 1 aliphatic carbocycles. The van der Waals surface area contributed by atoms with Crippen LogP contribution < -0.4 is 5.73 Å². The normalized spacial score (nSPS) is 29.6. The largest absolute Gasteiger partial charge is 0.338 e. The van der Waals surface area contributed by atoms with Crippen LogP contribution in [0.1, 0.15) is 25.7 Å². The number of fused-ring (bicyclic) bond motifs is 2. The summed E-state index contributed by atoms with van der Waals surface area (Å²) >= 11 is 0. The number of carbonyl (C=O) groups excluding carboxylic acids is 1. The molecule has 2 bridgehead atoms. The maximum atomic E-state index is 12.1. The van der Waals surface area contributed by atoms with Crippen molar-refractivity contribution in [1.29, 1.82) is 0 Å². The summed E-state index contributed by atoms with van der Waals surface area (Å²) in [5, 5.41) is 0. The number of rotatable bonds is 4. The van der Waals surface area contributed by atoms with E-state index in [1.807, 2.05) is 4.90 Å². The molecule has 98 valence electrons. The average Bonchev–Trinajstić information content (AvgIpc) is 2.85. The highest BCUT2D eigenvalue weighted by atomic mass is 32.2. The van der Waals surface area contributed by atoms with E-state index in [0.29, 0.717) is 12.0 Å². The smallest absolute Gasteiger partial charge is 0.239 e. The van der Waals surface area contributed by atoms with Crippen LogP contribution in [0.4, 0.5) is 0 Å². The van der Waals surface area contributed by atoms with Crippen LogP contribution in [0.5, 0.6) is 0 Å². The zero-order chi connectivity index (χ0) is 12.6. The third-order valence-corrected chi connectivity index (χ3v) is 4.79. The highest BCUT2D eigenvalue weighted by Crippen LogP contribution is 2.37. The Kier molecular flexibility index (Phi) is 3.45. The fourth-order valence-corrected chi connectivity index (χ4v) is 3.55. The predicted octanol–water partition coefficient (Wildman–Crippen LogP) is -0.241. The molecule has 2 N–H and O–H groups in total. The molecule has 6 heteroatoms. The van der Waals surface area contributed by atoms with Crippen molar-refractivity contribution >= 4 is 15.7 Å². The van der Waals surface area contributed by atoms with Gasteiger partial charge >= 0.3 is 0 Å². The number of hydrogen-bond acceptors (Lipinski definition) is 4. The Morgan fingerprint density at radius 2 is 2.18 bits per heavy atom. The number of amides is 1. The summed E-state index contributed by atoms with van der Waals surface area (Å²) in [6.45, 7) is 0.816. The summed E-state index contributed by atoms with van der Waals surface area (Å²) in [7, 11) is -3.04. The molecule has 5 nitrogen and oxygen atoms in total. The van der Waals surface area contributed by atoms with E-state index in [9.17, 15) is 13.2 Å². The SMILES string of the molecule is CS(=O)(=O)CCC(N)C(=O)N1CC2CCC1C2. The van der Waals surface area contributed by atoms with E-state index in [-0.39, 0.29) is 18.1 Å². The summed E-state index contributed by atoms with van der Waals surface area (Å²) in [5.74, 6) is 0.564. The highest BCUT2D eigenvalue weighted by molar-refractivity contribution is 7.90. The zero-order valence-corrected chi connectivity index (χ0v) is 10.9. The van der Waals surface area contributed by atoms with Gasteiger partial charge in [0.05, 0.1) is 11.8 Å². The molecule has 2 rings (SSSR count). The van der Waals surface area contributed by atoms with E-state index in [0.717, 1.165) is 19.4 Å². The van der Waals surface area contributed by atoms with Gasteiger partial charge in [0.25, 0.3) is 0 Å². The summed E-state index contributed by atoms with van der Waals surface area (Å²) < 4.78 is 22.1. The number of hydrogen-bond donors (Lipinski definition) is 1. The molecular formula is C11H20N2O3S. The first-order valence-corrected chi connectivity index (χ1v) is 8.16. The van der Waals surface area contributed by atoms with Crippen molar-refractivity contribution in [3.05, 3.63) is 0 Å². The fourth-order valence-electron chi connectivity index (χ4n) is 2.87. The molecular weight excluding hydrogens is 240 g/mol. The van der Waals surface area contributed by atoms with Crippen molar-refractivity contribution in [2.75, 3.05) is 18.6 Å². The Labute approximate surface area is 102 Å². The van der Waals surface area contributed by atoms with Crippen molar-refractivity contribution < 1.29 is 13.2 Å². The van der Waals surface area contributed by atoms with E-state index < -0.39 is 15.9 Å². The lowest BCUT2D eigenvalue weighted by Crippen LogP contribution is -2.47. The van der Waals surface area contributed by atoms with Gasteiger partial charge in [0, 0.05) is 18.8 Å². The van der Waals surface area contributed by atoms with Gasteiger partial charge in [-0.1, -0.05) is 0 Å². The minimum Gasteiger partial charge on any atom is -0.338 e. The highest BCUT2D eigenvalue weighted by Gasteiger charge is 2.41. The van der Waals surface area contributed by atoms with E-state index in [2.05, 4.69) is 0 Å². The molecule has 0 radical (unpaired) electrons. The minimum atomic E-state index is -3.04. The van der Waals surface area contributed by atoms with Gasteiger partial charge in [0.1, 0.15) is 9.84 Å². The van der Waals surface area contributed by atoms with Gasteiger partial charge in [-0.15, -0.1) is 0 Å². The van der Waals surface area contributed by atoms with Crippen LogP contribution in [0.15, 0.2) is 0 Å². The third-order valence-electron chi connectivity index (χ3n) is 3.81. The maximum absolute atomic E-state index is 12.1. The topological polar surface area (TPSA) is 80.5 Å². The van der Waals surface area contributed by atoms with Crippen molar-refractivity contribution in [1.82, 2.24) is 4.90 Å². The lowest BCUT2D eigenvalue weighted by Gasteiger charge is -2.29. The molecule has 1 aliphatic heterocycles. The molecule has 2 aliphatic rings. The van der Waals surface area contributed by atoms with Gasteiger partial charge in [0.2, 0.25) is 5.91 Å². The molecule has 3 unspecified atom stereocenters. The quantitative estimate of drug-likeness (QED) is 0.756. The monoisotopic (exact) mass is 260 g/mol. The summed E-state index contributed by atoms with van der Waals surface area (Å²) in [6, 6.07) is -0.305. The number of nitrogens with two attached hydrogens (primary N) is 1. The van der Waals surface area contributed by atoms with E-state index in [4.69, 9.17) is 5.73 Å². The Morgan fingerprint density at radius 1 is 1.47 bits per heavy atom. The van der Waals surface area contributed by atoms with Crippen LogP contribution in [-0.4, -0.2) is 49.9 Å². The van der Waals surface area contributed by atoms with Crippen molar-refractivity contribution in [2.24, 2.45) is 11.7 Å². The number of nitrogens with zero attached hydrogens (tertiary/aromatic N) is 1. The fraction of sp³-hybridized carbons (Fsp3) is 0.909. The van der Waals surface area contributed by atoms with Crippen LogP contribution in [0.2, 0.25) is 0 Å². The van der Waals surface area contributed by atoms with Crippen LogP contribution in [0.3, 0.4) is 0 Å². The molecule has 1 amide bonds. The second kappa shape index (κ2) is 4.57. The lowest BCUT2D eigenvalue weighted by molar-refractivity contribution is -0.134. The molecule has 2 fully saturated rings. The molecule has 0 aromatic rings. The standard InChI is InChI=1S/C11H20N2O3S/c1-17(15,16)5-4-10(12)11(14)13-7-8-2-3-9(13)6-8/h8-10H,2-7,12H2,1H3. The molecule has 1 saturated heterocycles. The van der Waals surface area contributed by atoms with Gasteiger partial charge in [-0.2, -0.15) is 0 Å². The average molecular weight is 260 g/mol. The summed E-state index contributed by atoms with van der Waals surface area (Å²) in [5.41, 5.74) is 5.78. The van der Waals surface area contributed by atoms with Crippen LogP contribution in [0, 0.1) is 5.92 Å². The Morgan fingerprint density at radius 3 is 2.65 bits per heavy atom. The van der Waals surface area contributed by atoms with Gasteiger partial charge in [-0.25, -0.2) is 8.42 Å². The summed E-state index contributed by atoms with van der Waals surface area (Å²) in [6.07, 6.45) is 4.79. The van der Waals surface area contributed by atoms with Gasteiger partial charge < -0.3 is 10.6 Å². The maximum Gasteiger partial charge on any atom is 0.239 e. The van der Waals surface area contributed by atoms with E-state index >= 15 is 0 Å². The first kappa shape index (κ1) is 12.8. The van der Waals surface area contributed by atoms with Crippen molar-refractivity contribution in [3.8, 4) is 0 Å². The Balaban J connectivity index is 1.87. The minimum absolute atomic E-state index is 0.0121. The molecule has 1 heterocycles. The number of likely N-dealkylation sites (tertiary alicyclic amines) is 1. The number of carbonyl (C=O) groups is 1. The van der Waals surface area contributed by atoms with E-state index in [1.54, 1.807) is 0 Å². The molecule has 17 heavy (non-hydrogen) atoms. The molecule has 3 atom stereocenters. The number of sulfone groups is 1. The van der Waals surface area contributed by atoms with Gasteiger partial charge in [-0.05, 0) is 31.6 Å². The van der Waals surface area contributed by atoms with Crippen LogP contribution in [-0.2, 0) is 14.6 Å². The Bertz CT molecular complexity index is 407. The second-order valence-electron chi connectivity index (χ2n) is 5.35. The Hall–Kier alpha value is -0.620. The second-order valence-corrected chi connectivity index (χ2v) is 7.61. The van der Waals surface area contributed by atoms with E-state index in [1.165, 1.54) is 12.7 Å². The third kappa shape index (κ3) is 2.98. The first-order valence-electron chi connectivity index (χ1n) is 6.10. The molecule has 0 aromatic carbocycles. The number of piperidine rings is 1. The predicted molar refractivity (Wildman–Crippen MR) is 65.1 cm³/mol. The van der Waals surface area contributed by atoms with Crippen LogP contribution >= 0.6 is 0 Å². The van der Waals surface area contributed by atoms with Gasteiger partial charge in [-0.3, -0.25) is 4.79 Å². The van der Waals surface area contributed by atoms with Crippen molar-refractivity contribution in [2.45, 2.75) is 37.8 Å². The molecule has 0 aromatic heterocycles. The molecule has 1 saturated carbocycles.